The average molecular weight is 418 g/mol. The fourth-order valence-corrected chi connectivity index (χ4v) is 4.49. The average Bonchev–Trinajstić information content (AvgIpc) is 3.37. The van der Waals surface area contributed by atoms with E-state index in [0.29, 0.717) is 0 Å². The quantitative estimate of drug-likeness (QED) is 0.397. The van der Waals surface area contributed by atoms with Crippen molar-refractivity contribution < 1.29 is 9.21 Å². The van der Waals surface area contributed by atoms with Crippen LogP contribution in [0.1, 0.15) is 43.9 Å². The van der Waals surface area contributed by atoms with E-state index in [1.54, 1.807) is 23.5 Å². The molecule has 3 heterocycles. The first-order valence-corrected chi connectivity index (χ1v) is 10.5. The number of furan rings is 1. The van der Waals surface area contributed by atoms with Crippen molar-refractivity contribution in [2.24, 2.45) is 0 Å². The summed E-state index contributed by atoms with van der Waals surface area (Å²) in [7, 11) is 0. The highest BCUT2D eigenvalue weighted by atomic mass is 32.1. The first kappa shape index (κ1) is 19.9. The SMILES string of the molecule is Cc1cccc(N[C@@H](c2ccccc2)c2c(NC(=O)c3ccco3)sc(C)c2C)n1. The number of anilines is 2. The number of thiophene rings is 1. The predicted molar refractivity (Wildman–Crippen MR) is 121 cm³/mol. The topological polar surface area (TPSA) is 67.2 Å². The Morgan fingerprint density at radius 2 is 1.80 bits per heavy atom. The van der Waals surface area contributed by atoms with Crippen LogP contribution in [0.15, 0.2) is 71.3 Å². The predicted octanol–water partition coefficient (Wildman–Crippen LogP) is 6.12. The van der Waals surface area contributed by atoms with Gasteiger partial charge in [0.25, 0.3) is 5.91 Å². The van der Waals surface area contributed by atoms with Gasteiger partial charge < -0.3 is 15.1 Å². The Hall–Kier alpha value is -3.38. The van der Waals surface area contributed by atoms with Gasteiger partial charge in [-0.2, -0.15) is 0 Å². The minimum atomic E-state index is -0.261. The highest BCUT2D eigenvalue weighted by Gasteiger charge is 2.25. The van der Waals surface area contributed by atoms with Crippen LogP contribution in [0.5, 0.6) is 0 Å². The number of hydrogen-bond donors (Lipinski definition) is 2. The van der Waals surface area contributed by atoms with E-state index in [4.69, 9.17) is 4.42 Å². The summed E-state index contributed by atoms with van der Waals surface area (Å²) in [5, 5.41) is 7.43. The van der Waals surface area contributed by atoms with Gasteiger partial charge in [-0.3, -0.25) is 4.79 Å². The van der Waals surface area contributed by atoms with Gasteiger partial charge in [-0.05, 0) is 56.2 Å². The summed E-state index contributed by atoms with van der Waals surface area (Å²) < 4.78 is 5.27. The summed E-state index contributed by atoms with van der Waals surface area (Å²) in [6.07, 6.45) is 1.50. The molecule has 1 aromatic carbocycles. The highest BCUT2D eigenvalue weighted by molar-refractivity contribution is 7.16. The maximum Gasteiger partial charge on any atom is 0.291 e. The first-order chi connectivity index (χ1) is 14.5. The van der Waals surface area contributed by atoms with E-state index in [0.717, 1.165) is 38.1 Å². The molecule has 0 aliphatic heterocycles. The molecule has 1 atom stereocenters. The molecule has 6 heteroatoms. The van der Waals surface area contributed by atoms with E-state index in [1.165, 1.54) is 6.26 Å². The number of rotatable bonds is 6. The normalized spacial score (nSPS) is 11.8. The summed E-state index contributed by atoms with van der Waals surface area (Å²) in [5.74, 6) is 0.813. The van der Waals surface area contributed by atoms with Crippen LogP contribution in [-0.2, 0) is 0 Å². The van der Waals surface area contributed by atoms with Gasteiger partial charge in [-0.15, -0.1) is 11.3 Å². The maximum absolute atomic E-state index is 12.7. The number of benzene rings is 1. The molecule has 0 aliphatic carbocycles. The Labute approximate surface area is 179 Å². The lowest BCUT2D eigenvalue weighted by molar-refractivity contribution is 0.0997. The molecule has 5 nitrogen and oxygen atoms in total. The van der Waals surface area contributed by atoms with Crippen molar-refractivity contribution >= 4 is 28.1 Å². The Morgan fingerprint density at radius 3 is 2.50 bits per heavy atom. The molecule has 0 unspecified atom stereocenters. The van der Waals surface area contributed by atoms with Crippen LogP contribution in [0.4, 0.5) is 10.8 Å². The van der Waals surface area contributed by atoms with Crippen LogP contribution >= 0.6 is 11.3 Å². The lowest BCUT2D eigenvalue weighted by Crippen LogP contribution is -2.17. The number of amides is 1. The van der Waals surface area contributed by atoms with E-state index in [-0.39, 0.29) is 17.7 Å². The lowest BCUT2D eigenvalue weighted by atomic mass is 9.96. The molecule has 0 radical (unpaired) electrons. The van der Waals surface area contributed by atoms with Crippen LogP contribution in [0.3, 0.4) is 0 Å². The molecule has 0 saturated heterocycles. The van der Waals surface area contributed by atoms with E-state index < -0.39 is 0 Å². The number of pyridine rings is 1. The number of hydrogen-bond acceptors (Lipinski definition) is 5. The fraction of sp³-hybridized carbons (Fsp3) is 0.167. The van der Waals surface area contributed by atoms with Crippen molar-refractivity contribution in [2.75, 3.05) is 10.6 Å². The monoisotopic (exact) mass is 417 g/mol. The van der Waals surface area contributed by atoms with E-state index in [9.17, 15) is 4.79 Å². The van der Waals surface area contributed by atoms with Crippen molar-refractivity contribution in [3.8, 4) is 0 Å². The van der Waals surface area contributed by atoms with E-state index in [1.807, 2.05) is 43.3 Å². The molecule has 4 aromatic rings. The minimum Gasteiger partial charge on any atom is -0.459 e. The number of carbonyl (C=O) groups excluding carboxylic acids is 1. The third-order valence-electron chi connectivity index (χ3n) is 5.01. The number of nitrogens with zero attached hydrogens (tertiary/aromatic N) is 1. The van der Waals surface area contributed by atoms with E-state index >= 15 is 0 Å². The van der Waals surface area contributed by atoms with Crippen LogP contribution in [-0.4, -0.2) is 10.9 Å². The number of nitrogens with one attached hydrogen (secondary N) is 2. The molecule has 0 saturated carbocycles. The molecule has 152 valence electrons. The summed E-state index contributed by atoms with van der Waals surface area (Å²) in [6.45, 7) is 6.13. The highest BCUT2D eigenvalue weighted by Crippen LogP contribution is 2.41. The van der Waals surface area contributed by atoms with Gasteiger partial charge in [0, 0.05) is 16.1 Å². The fourth-order valence-electron chi connectivity index (χ4n) is 3.40. The second-order valence-corrected chi connectivity index (χ2v) is 8.33. The van der Waals surface area contributed by atoms with Crippen LogP contribution in [0.2, 0.25) is 0 Å². The lowest BCUT2D eigenvalue weighted by Gasteiger charge is -2.22. The van der Waals surface area contributed by atoms with Crippen molar-refractivity contribution in [1.29, 1.82) is 0 Å². The zero-order valence-electron chi connectivity index (χ0n) is 17.1. The van der Waals surface area contributed by atoms with E-state index in [2.05, 4.69) is 41.6 Å². The molecule has 2 N–H and O–H groups in total. The maximum atomic E-state index is 12.7. The third kappa shape index (κ3) is 4.14. The molecule has 0 spiro atoms. The molecule has 3 aromatic heterocycles. The molecular weight excluding hydrogens is 394 g/mol. The standard InChI is InChI=1S/C24H23N3O2S/c1-15-9-7-13-20(25-15)26-22(18-10-5-4-6-11-18)21-16(2)17(3)30-24(21)27-23(28)19-12-8-14-29-19/h4-14,22H,1-3H3,(H,25,26)(H,27,28)/t22-/m0/s1. The number of aromatic nitrogens is 1. The molecular formula is C24H23N3O2S. The number of carbonyl (C=O) groups is 1. The zero-order chi connectivity index (χ0) is 21.1. The molecule has 0 bridgehead atoms. The van der Waals surface area contributed by atoms with Crippen molar-refractivity contribution in [3.63, 3.8) is 0 Å². The largest absolute Gasteiger partial charge is 0.459 e. The third-order valence-corrected chi connectivity index (χ3v) is 6.14. The van der Waals surface area contributed by atoms with Gasteiger partial charge in [0.15, 0.2) is 5.76 Å². The molecule has 0 fully saturated rings. The second-order valence-electron chi connectivity index (χ2n) is 7.11. The Kier molecular flexibility index (Phi) is 5.68. The summed E-state index contributed by atoms with van der Waals surface area (Å²) in [4.78, 5) is 18.5. The van der Waals surface area contributed by atoms with Crippen molar-refractivity contribution in [1.82, 2.24) is 4.98 Å². The zero-order valence-corrected chi connectivity index (χ0v) is 17.9. The smallest absolute Gasteiger partial charge is 0.291 e. The second kappa shape index (κ2) is 8.55. The summed E-state index contributed by atoms with van der Waals surface area (Å²) >= 11 is 1.57. The van der Waals surface area contributed by atoms with Gasteiger partial charge in [-0.25, -0.2) is 4.98 Å². The Bertz CT molecular complexity index is 1150. The first-order valence-electron chi connectivity index (χ1n) is 9.73. The van der Waals surface area contributed by atoms with Crippen molar-refractivity contribution in [3.05, 3.63) is 99.9 Å². The molecule has 0 aliphatic rings. The van der Waals surface area contributed by atoms with Gasteiger partial charge in [0.1, 0.15) is 10.8 Å². The van der Waals surface area contributed by atoms with Gasteiger partial charge in [0.05, 0.1) is 12.3 Å². The van der Waals surface area contributed by atoms with Crippen LogP contribution < -0.4 is 10.6 Å². The Balaban J connectivity index is 1.77. The van der Waals surface area contributed by atoms with Crippen LogP contribution in [0, 0.1) is 20.8 Å². The van der Waals surface area contributed by atoms with Crippen LogP contribution in [0.25, 0.3) is 0 Å². The summed E-state index contributed by atoms with van der Waals surface area (Å²) in [5.41, 5.74) is 4.21. The number of aryl methyl sites for hydroxylation is 2. The Morgan fingerprint density at radius 1 is 1.00 bits per heavy atom. The van der Waals surface area contributed by atoms with Gasteiger partial charge in [-0.1, -0.05) is 36.4 Å². The van der Waals surface area contributed by atoms with Gasteiger partial charge in [0.2, 0.25) is 0 Å². The minimum absolute atomic E-state index is 0.169. The summed E-state index contributed by atoms with van der Waals surface area (Å²) in [6, 6.07) is 19.3. The molecule has 1 amide bonds. The molecule has 30 heavy (non-hydrogen) atoms. The van der Waals surface area contributed by atoms with Crippen molar-refractivity contribution in [2.45, 2.75) is 26.8 Å². The van der Waals surface area contributed by atoms with Gasteiger partial charge >= 0.3 is 0 Å². The molecule has 4 rings (SSSR count).